The zero-order chi connectivity index (χ0) is 20.2. The summed E-state index contributed by atoms with van der Waals surface area (Å²) in [5.41, 5.74) is 2.88. The van der Waals surface area contributed by atoms with Crippen molar-refractivity contribution in [3.8, 4) is 5.75 Å². The molecule has 2 aliphatic rings. The lowest BCUT2D eigenvalue weighted by Gasteiger charge is -2.25. The highest BCUT2D eigenvalue weighted by Gasteiger charge is 2.26. The van der Waals surface area contributed by atoms with E-state index < -0.39 is 0 Å². The Balaban J connectivity index is 1.49. The normalized spacial score (nSPS) is 21.3. The van der Waals surface area contributed by atoms with Crippen LogP contribution in [0, 0.1) is 0 Å². The van der Waals surface area contributed by atoms with Crippen LogP contribution in [-0.2, 0) is 20.1 Å². The molecular formula is C24H33N3O2. The number of benzene rings is 1. The van der Waals surface area contributed by atoms with Gasteiger partial charge in [-0.15, -0.1) is 0 Å². The summed E-state index contributed by atoms with van der Waals surface area (Å²) in [6, 6.07) is 12.3. The molecule has 2 aliphatic heterocycles. The van der Waals surface area contributed by atoms with Crippen molar-refractivity contribution in [1.82, 2.24) is 14.4 Å². The standard InChI is InChI=1S/C24H33N3O2/c1-25-21(17-26-12-7-2-3-8-13-26)15-23(28)24(29)22(25)18-27-14-11-20(16-27)19-9-5-4-6-10-19/h4-6,9-10,15,20,29H,2-3,7-8,11-14,16-18H2,1H3/t20-/m1/s1. The highest BCUT2D eigenvalue weighted by atomic mass is 16.3. The maximum Gasteiger partial charge on any atom is 0.223 e. The molecule has 0 bridgehead atoms. The number of aromatic hydroxyl groups is 1. The second-order valence-electron chi connectivity index (χ2n) is 8.68. The minimum atomic E-state index is -0.248. The van der Waals surface area contributed by atoms with Crippen LogP contribution in [-0.4, -0.2) is 45.7 Å². The number of pyridine rings is 1. The van der Waals surface area contributed by atoms with Gasteiger partial charge in [-0.3, -0.25) is 14.6 Å². The zero-order valence-corrected chi connectivity index (χ0v) is 17.5. The van der Waals surface area contributed by atoms with Gasteiger partial charge in [0, 0.05) is 38.4 Å². The second kappa shape index (κ2) is 9.14. The molecule has 3 heterocycles. The van der Waals surface area contributed by atoms with Gasteiger partial charge in [0.25, 0.3) is 0 Å². The fraction of sp³-hybridized carbons (Fsp3) is 0.542. The largest absolute Gasteiger partial charge is 0.503 e. The first kappa shape index (κ1) is 20.2. The SMILES string of the molecule is Cn1c(CN2CCCCCC2)cc(=O)c(O)c1CN1CC[C@@H](c2ccccc2)C1. The smallest absolute Gasteiger partial charge is 0.223 e. The molecule has 1 N–H and O–H groups in total. The Morgan fingerprint density at radius 2 is 1.69 bits per heavy atom. The van der Waals surface area contributed by atoms with Gasteiger partial charge in [0.2, 0.25) is 5.43 Å². The Hall–Kier alpha value is -2.11. The fourth-order valence-corrected chi connectivity index (χ4v) is 4.83. The summed E-state index contributed by atoms with van der Waals surface area (Å²) >= 11 is 0. The molecule has 2 saturated heterocycles. The van der Waals surface area contributed by atoms with Crippen LogP contribution in [0.3, 0.4) is 0 Å². The third kappa shape index (κ3) is 4.73. The number of aromatic nitrogens is 1. The predicted molar refractivity (Wildman–Crippen MR) is 116 cm³/mol. The van der Waals surface area contributed by atoms with Crippen LogP contribution in [0.15, 0.2) is 41.2 Å². The lowest BCUT2D eigenvalue weighted by atomic mass is 9.99. The van der Waals surface area contributed by atoms with Crippen molar-refractivity contribution < 1.29 is 5.11 Å². The fourth-order valence-electron chi connectivity index (χ4n) is 4.83. The van der Waals surface area contributed by atoms with Gasteiger partial charge in [-0.2, -0.15) is 0 Å². The summed E-state index contributed by atoms with van der Waals surface area (Å²) < 4.78 is 2.05. The van der Waals surface area contributed by atoms with Crippen molar-refractivity contribution in [2.75, 3.05) is 26.2 Å². The van der Waals surface area contributed by atoms with Crippen molar-refractivity contribution in [2.45, 2.75) is 51.1 Å². The van der Waals surface area contributed by atoms with Crippen LogP contribution in [0.1, 0.15) is 55.0 Å². The van der Waals surface area contributed by atoms with Gasteiger partial charge in [-0.1, -0.05) is 43.2 Å². The van der Waals surface area contributed by atoms with Gasteiger partial charge in [0.1, 0.15) is 0 Å². The summed E-state index contributed by atoms with van der Waals surface area (Å²) in [5.74, 6) is 0.436. The van der Waals surface area contributed by atoms with E-state index in [2.05, 4.69) is 44.7 Å². The third-order valence-electron chi connectivity index (χ3n) is 6.64. The van der Waals surface area contributed by atoms with Crippen molar-refractivity contribution in [1.29, 1.82) is 0 Å². The Morgan fingerprint density at radius 3 is 2.41 bits per heavy atom. The molecule has 1 atom stereocenters. The topological polar surface area (TPSA) is 48.7 Å². The Labute approximate surface area is 173 Å². The molecule has 4 rings (SSSR count). The molecule has 0 aliphatic carbocycles. The summed E-state index contributed by atoms with van der Waals surface area (Å²) in [4.78, 5) is 17.3. The van der Waals surface area contributed by atoms with Gasteiger partial charge >= 0.3 is 0 Å². The summed E-state index contributed by atoms with van der Waals surface area (Å²) in [7, 11) is 1.99. The third-order valence-corrected chi connectivity index (χ3v) is 6.64. The van der Waals surface area contributed by atoms with E-state index >= 15 is 0 Å². The van der Waals surface area contributed by atoms with Gasteiger partial charge in [-0.25, -0.2) is 0 Å². The number of likely N-dealkylation sites (tertiary alicyclic amines) is 2. The lowest BCUT2D eigenvalue weighted by molar-refractivity contribution is 0.265. The average Bonchev–Trinajstić information content (AvgIpc) is 3.06. The molecule has 5 nitrogen and oxygen atoms in total. The van der Waals surface area contributed by atoms with Crippen LogP contribution in [0.25, 0.3) is 0 Å². The van der Waals surface area contributed by atoms with E-state index in [1.807, 2.05) is 7.05 Å². The highest BCUT2D eigenvalue weighted by Crippen LogP contribution is 2.29. The predicted octanol–water partition coefficient (Wildman–Crippen LogP) is 3.46. The van der Waals surface area contributed by atoms with E-state index in [1.54, 1.807) is 6.07 Å². The highest BCUT2D eigenvalue weighted by molar-refractivity contribution is 5.30. The number of hydrogen-bond acceptors (Lipinski definition) is 4. The summed E-state index contributed by atoms with van der Waals surface area (Å²) in [6.45, 7) is 5.54. The van der Waals surface area contributed by atoms with Gasteiger partial charge in [-0.05, 0) is 50.4 Å². The molecule has 1 aromatic carbocycles. The minimum absolute atomic E-state index is 0.0877. The lowest BCUT2D eigenvalue weighted by Crippen LogP contribution is -2.29. The molecule has 0 radical (unpaired) electrons. The molecule has 29 heavy (non-hydrogen) atoms. The van der Waals surface area contributed by atoms with Crippen molar-refractivity contribution >= 4 is 0 Å². The maximum absolute atomic E-state index is 12.5. The molecule has 2 aromatic rings. The van der Waals surface area contributed by atoms with E-state index in [0.29, 0.717) is 12.5 Å². The Morgan fingerprint density at radius 1 is 0.966 bits per heavy atom. The van der Waals surface area contributed by atoms with Crippen molar-refractivity contribution in [3.63, 3.8) is 0 Å². The molecular weight excluding hydrogens is 362 g/mol. The molecule has 1 aromatic heterocycles. The van der Waals surface area contributed by atoms with E-state index in [1.165, 1.54) is 31.2 Å². The first-order chi connectivity index (χ1) is 14.1. The molecule has 5 heteroatoms. The summed E-state index contributed by atoms with van der Waals surface area (Å²) in [5, 5.41) is 10.5. The van der Waals surface area contributed by atoms with Crippen LogP contribution >= 0.6 is 0 Å². The van der Waals surface area contributed by atoms with E-state index in [0.717, 1.165) is 50.5 Å². The maximum atomic E-state index is 12.5. The molecule has 0 amide bonds. The van der Waals surface area contributed by atoms with Gasteiger partial charge in [0.05, 0.1) is 5.69 Å². The summed E-state index contributed by atoms with van der Waals surface area (Å²) in [6.07, 6.45) is 6.18. The average molecular weight is 396 g/mol. The first-order valence-corrected chi connectivity index (χ1v) is 11.0. The van der Waals surface area contributed by atoms with E-state index in [-0.39, 0.29) is 11.2 Å². The van der Waals surface area contributed by atoms with Crippen LogP contribution < -0.4 is 5.43 Å². The Bertz CT molecular complexity index is 870. The van der Waals surface area contributed by atoms with E-state index in [9.17, 15) is 9.90 Å². The van der Waals surface area contributed by atoms with Crippen LogP contribution in [0.2, 0.25) is 0 Å². The molecule has 0 unspecified atom stereocenters. The first-order valence-electron chi connectivity index (χ1n) is 11.0. The van der Waals surface area contributed by atoms with Crippen molar-refractivity contribution in [3.05, 3.63) is 63.6 Å². The number of hydrogen-bond donors (Lipinski definition) is 1. The van der Waals surface area contributed by atoms with E-state index in [4.69, 9.17) is 0 Å². The van der Waals surface area contributed by atoms with Crippen LogP contribution in [0.4, 0.5) is 0 Å². The van der Waals surface area contributed by atoms with Crippen molar-refractivity contribution in [2.24, 2.45) is 7.05 Å². The zero-order valence-electron chi connectivity index (χ0n) is 17.5. The molecule has 0 spiro atoms. The number of nitrogens with zero attached hydrogens (tertiary/aromatic N) is 3. The van der Waals surface area contributed by atoms with Crippen LogP contribution in [0.5, 0.6) is 5.75 Å². The molecule has 2 fully saturated rings. The van der Waals surface area contributed by atoms with Gasteiger partial charge < -0.3 is 9.67 Å². The molecule has 0 saturated carbocycles. The minimum Gasteiger partial charge on any atom is -0.503 e. The second-order valence-corrected chi connectivity index (χ2v) is 8.68. The Kier molecular flexibility index (Phi) is 6.36. The van der Waals surface area contributed by atoms with Gasteiger partial charge in [0.15, 0.2) is 5.75 Å². The number of rotatable bonds is 5. The molecule has 156 valence electrons. The monoisotopic (exact) mass is 395 g/mol. The quantitative estimate of drug-likeness (QED) is 0.842.